The van der Waals surface area contributed by atoms with E-state index in [1.807, 2.05) is 26.0 Å². The zero-order valence-corrected chi connectivity index (χ0v) is 22.6. The number of para-hydroxylation sites is 1. The highest BCUT2D eigenvalue weighted by atomic mass is 32.2. The Hall–Kier alpha value is -3.86. The minimum atomic E-state index is -0.785. The van der Waals surface area contributed by atoms with Gasteiger partial charge in [-0.1, -0.05) is 35.5 Å². The third kappa shape index (κ3) is 5.52. The summed E-state index contributed by atoms with van der Waals surface area (Å²) in [5.74, 6) is 0.347. The van der Waals surface area contributed by atoms with Gasteiger partial charge in [-0.25, -0.2) is 14.7 Å². The average Bonchev–Trinajstić information content (AvgIpc) is 2.90. The maximum absolute atomic E-state index is 13.3. The molecule has 1 unspecified atom stereocenters. The van der Waals surface area contributed by atoms with Gasteiger partial charge in [-0.2, -0.15) is 0 Å². The largest absolute Gasteiger partial charge is 0.854 e. The van der Waals surface area contributed by atoms with Crippen LogP contribution in [-0.2, 0) is 14.3 Å². The van der Waals surface area contributed by atoms with Crippen LogP contribution in [0.25, 0.3) is 11.3 Å². The summed E-state index contributed by atoms with van der Waals surface area (Å²) in [6.07, 6.45) is 0.105. The van der Waals surface area contributed by atoms with Crippen molar-refractivity contribution < 1.29 is 33.6 Å². The fraction of sp³-hybridized carbons (Fsp3) is 0.370. The standard InChI is InChI=1S/C27H30N4O6S/c1-5-14-38-27-28-25(34)24-19-10-8-9-11-20(19)30(17(4)32)26(31(24)29-27)18-12-13-21(22(15-18)35-6-2)37-16-23(33)36-7-3/h8-13,15,26H,5-7,14,16H2,1-4H3. The van der Waals surface area contributed by atoms with Crippen LogP contribution < -0.4 is 24.2 Å². The Morgan fingerprint density at radius 3 is 2.58 bits per heavy atom. The number of hydrogen-bond donors (Lipinski definition) is 0. The maximum Gasteiger partial charge on any atom is 0.344 e. The van der Waals surface area contributed by atoms with Crippen molar-refractivity contribution in [2.45, 2.75) is 45.4 Å². The van der Waals surface area contributed by atoms with Crippen molar-refractivity contribution in [3.05, 3.63) is 48.0 Å². The number of carbonyl (C=O) groups is 2. The number of fused-ring (bicyclic) bond motifs is 3. The molecule has 38 heavy (non-hydrogen) atoms. The second-order valence-electron chi connectivity index (χ2n) is 8.35. The number of ether oxygens (including phenoxy) is 3. The van der Waals surface area contributed by atoms with Gasteiger partial charge < -0.3 is 19.3 Å². The molecule has 10 nitrogen and oxygen atoms in total. The molecule has 0 bridgehead atoms. The van der Waals surface area contributed by atoms with Crippen LogP contribution in [0.5, 0.6) is 17.4 Å². The quantitative estimate of drug-likeness (QED) is 0.218. The molecule has 1 aliphatic rings. The lowest BCUT2D eigenvalue weighted by Crippen LogP contribution is -2.58. The molecule has 11 heteroatoms. The van der Waals surface area contributed by atoms with Crippen molar-refractivity contribution in [2.24, 2.45) is 0 Å². The zero-order chi connectivity index (χ0) is 27.2. The molecule has 4 rings (SSSR count). The first-order valence-corrected chi connectivity index (χ1v) is 13.5. The lowest BCUT2D eigenvalue weighted by atomic mass is 10.0. The van der Waals surface area contributed by atoms with Crippen molar-refractivity contribution in [3.63, 3.8) is 0 Å². The summed E-state index contributed by atoms with van der Waals surface area (Å²) in [5, 5.41) is 18.4. The number of aromatic nitrogens is 3. The molecule has 0 aliphatic carbocycles. The van der Waals surface area contributed by atoms with E-state index in [-0.39, 0.29) is 19.1 Å². The summed E-state index contributed by atoms with van der Waals surface area (Å²) in [5.41, 5.74) is 2.10. The van der Waals surface area contributed by atoms with Crippen LogP contribution in [0.4, 0.5) is 5.69 Å². The monoisotopic (exact) mass is 538 g/mol. The van der Waals surface area contributed by atoms with Gasteiger partial charge >= 0.3 is 5.97 Å². The van der Waals surface area contributed by atoms with Gasteiger partial charge in [0.25, 0.3) is 17.0 Å². The molecular formula is C27H30N4O6S. The summed E-state index contributed by atoms with van der Waals surface area (Å²) in [4.78, 5) is 30.7. The molecule has 0 spiro atoms. The molecule has 0 saturated carbocycles. The van der Waals surface area contributed by atoms with E-state index < -0.39 is 18.0 Å². The molecule has 0 fully saturated rings. The lowest BCUT2D eigenvalue weighted by molar-refractivity contribution is -0.764. The molecule has 1 aliphatic heterocycles. The summed E-state index contributed by atoms with van der Waals surface area (Å²) in [6, 6.07) is 12.4. The van der Waals surface area contributed by atoms with Crippen LogP contribution in [-0.4, -0.2) is 47.5 Å². The van der Waals surface area contributed by atoms with Gasteiger partial charge in [0, 0.05) is 23.3 Å². The van der Waals surface area contributed by atoms with Gasteiger partial charge in [-0.05, 0) is 50.6 Å². The molecule has 0 N–H and O–H groups in total. The van der Waals surface area contributed by atoms with E-state index in [0.29, 0.717) is 45.8 Å². The first-order valence-electron chi connectivity index (χ1n) is 12.5. The number of benzene rings is 2. The predicted molar refractivity (Wildman–Crippen MR) is 139 cm³/mol. The van der Waals surface area contributed by atoms with Crippen molar-refractivity contribution in [1.29, 1.82) is 0 Å². The number of rotatable bonds is 10. The average molecular weight is 539 g/mol. The van der Waals surface area contributed by atoms with E-state index in [0.717, 1.165) is 12.2 Å². The SMILES string of the molecule is CCCSc1nc([O-])c2[n+](n1)C(c1ccc(OCC(=O)OCC)c(OCC)c1)N(C(C)=O)c1ccccc1-2. The highest BCUT2D eigenvalue weighted by Gasteiger charge is 2.44. The smallest absolute Gasteiger partial charge is 0.344 e. The fourth-order valence-electron chi connectivity index (χ4n) is 4.24. The van der Waals surface area contributed by atoms with Crippen LogP contribution in [0.1, 0.15) is 45.8 Å². The van der Waals surface area contributed by atoms with Crippen molar-refractivity contribution in [1.82, 2.24) is 10.1 Å². The van der Waals surface area contributed by atoms with Gasteiger partial charge in [0.05, 0.1) is 30.3 Å². The number of esters is 1. The number of amides is 1. The van der Waals surface area contributed by atoms with E-state index in [1.165, 1.54) is 18.7 Å². The first kappa shape index (κ1) is 27.2. The Morgan fingerprint density at radius 1 is 1.08 bits per heavy atom. The summed E-state index contributed by atoms with van der Waals surface area (Å²) in [7, 11) is 0. The summed E-state index contributed by atoms with van der Waals surface area (Å²) in [6.45, 7) is 7.39. The van der Waals surface area contributed by atoms with Gasteiger partial charge in [-0.15, -0.1) is 0 Å². The molecule has 3 aromatic rings. The van der Waals surface area contributed by atoms with E-state index in [4.69, 9.17) is 19.3 Å². The number of thioether (sulfide) groups is 1. The van der Waals surface area contributed by atoms with Gasteiger partial charge in [0.2, 0.25) is 5.91 Å². The number of nitrogens with zero attached hydrogens (tertiary/aromatic N) is 4. The predicted octanol–water partition coefficient (Wildman–Crippen LogP) is 3.26. The highest BCUT2D eigenvalue weighted by molar-refractivity contribution is 7.99. The Labute approximate surface area is 225 Å². The summed E-state index contributed by atoms with van der Waals surface area (Å²) >= 11 is 1.39. The normalized spacial score (nSPS) is 13.9. The zero-order valence-electron chi connectivity index (χ0n) is 21.8. The highest BCUT2D eigenvalue weighted by Crippen LogP contribution is 2.42. The molecular weight excluding hydrogens is 508 g/mol. The molecule has 2 heterocycles. The Kier molecular flexibility index (Phi) is 8.67. The maximum atomic E-state index is 13.3. The van der Waals surface area contributed by atoms with Crippen molar-refractivity contribution >= 4 is 29.3 Å². The van der Waals surface area contributed by atoms with E-state index in [9.17, 15) is 14.7 Å². The topological polar surface area (TPSA) is 118 Å². The second-order valence-corrected chi connectivity index (χ2v) is 9.42. The third-order valence-electron chi connectivity index (χ3n) is 5.71. The second kappa shape index (κ2) is 12.1. The minimum absolute atomic E-state index is 0.227. The van der Waals surface area contributed by atoms with E-state index in [1.54, 1.807) is 46.8 Å². The molecule has 1 aromatic heterocycles. The molecule has 1 amide bonds. The van der Waals surface area contributed by atoms with Crippen LogP contribution in [0.2, 0.25) is 0 Å². The van der Waals surface area contributed by atoms with Gasteiger partial charge in [0.15, 0.2) is 18.1 Å². The Bertz CT molecular complexity index is 1330. The van der Waals surface area contributed by atoms with Crippen LogP contribution in [0, 0.1) is 0 Å². The fourth-order valence-corrected chi connectivity index (χ4v) is 4.92. The van der Waals surface area contributed by atoms with Gasteiger partial charge in [-0.3, -0.25) is 4.79 Å². The van der Waals surface area contributed by atoms with Crippen LogP contribution >= 0.6 is 11.8 Å². The van der Waals surface area contributed by atoms with E-state index in [2.05, 4.69) is 4.98 Å². The molecule has 0 saturated heterocycles. The molecule has 0 radical (unpaired) electrons. The Morgan fingerprint density at radius 2 is 1.87 bits per heavy atom. The van der Waals surface area contributed by atoms with E-state index >= 15 is 0 Å². The van der Waals surface area contributed by atoms with Crippen molar-refractivity contribution in [3.8, 4) is 28.6 Å². The van der Waals surface area contributed by atoms with Gasteiger partial charge in [0.1, 0.15) is 0 Å². The third-order valence-corrected chi connectivity index (χ3v) is 6.75. The molecule has 200 valence electrons. The van der Waals surface area contributed by atoms with Crippen LogP contribution in [0.15, 0.2) is 47.6 Å². The number of hydrogen-bond acceptors (Lipinski definition) is 9. The minimum Gasteiger partial charge on any atom is -0.854 e. The summed E-state index contributed by atoms with van der Waals surface area (Å²) < 4.78 is 18.0. The first-order chi connectivity index (χ1) is 18.4. The number of carbonyl (C=O) groups excluding carboxylic acids is 2. The van der Waals surface area contributed by atoms with Crippen LogP contribution in [0.3, 0.4) is 0 Å². The molecule has 1 atom stereocenters. The Balaban J connectivity index is 1.87. The van der Waals surface area contributed by atoms with Crippen molar-refractivity contribution in [2.75, 3.05) is 30.5 Å². The number of anilines is 1. The lowest BCUT2D eigenvalue weighted by Gasteiger charge is -2.33. The molecule has 2 aromatic carbocycles.